The number of hydrogen-bond acceptors (Lipinski definition) is 6. The van der Waals surface area contributed by atoms with E-state index in [4.69, 9.17) is 4.42 Å². The molecule has 0 saturated carbocycles. The quantitative estimate of drug-likeness (QED) is 0.858. The second-order valence-corrected chi connectivity index (χ2v) is 5.88. The number of oxazole rings is 1. The lowest BCUT2D eigenvalue weighted by molar-refractivity contribution is -0.135. The number of rotatable bonds is 4. The standard InChI is InChI=1S/C16H23N5O2/c1-4-20(5-2)16(22)12-7-6-8-21(9-12)14-13-15(18-10-17-14)23-11(3)19-13/h10,12H,4-9H2,1-3H3. The van der Waals surface area contributed by atoms with Gasteiger partial charge in [-0.3, -0.25) is 4.79 Å². The van der Waals surface area contributed by atoms with E-state index in [0.717, 1.165) is 38.3 Å². The van der Waals surface area contributed by atoms with Crippen LogP contribution in [0.15, 0.2) is 10.7 Å². The average Bonchev–Trinajstić information content (AvgIpc) is 2.96. The maximum Gasteiger partial charge on any atom is 0.252 e. The highest BCUT2D eigenvalue weighted by molar-refractivity contribution is 5.83. The van der Waals surface area contributed by atoms with Gasteiger partial charge in [-0.15, -0.1) is 0 Å². The van der Waals surface area contributed by atoms with Crippen LogP contribution in [-0.2, 0) is 4.79 Å². The largest absolute Gasteiger partial charge is 0.422 e. The molecule has 1 unspecified atom stereocenters. The minimum Gasteiger partial charge on any atom is -0.422 e. The van der Waals surface area contributed by atoms with Gasteiger partial charge >= 0.3 is 0 Å². The van der Waals surface area contributed by atoms with Crippen LogP contribution in [0.3, 0.4) is 0 Å². The van der Waals surface area contributed by atoms with Gasteiger partial charge in [0.25, 0.3) is 5.71 Å². The fourth-order valence-corrected chi connectivity index (χ4v) is 3.24. The fraction of sp³-hybridized carbons (Fsp3) is 0.625. The highest BCUT2D eigenvalue weighted by Gasteiger charge is 2.30. The molecule has 0 aliphatic carbocycles. The lowest BCUT2D eigenvalue weighted by atomic mass is 9.96. The molecule has 0 bridgehead atoms. The van der Waals surface area contributed by atoms with Crippen LogP contribution in [0.1, 0.15) is 32.6 Å². The van der Waals surface area contributed by atoms with Crippen molar-refractivity contribution in [2.75, 3.05) is 31.1 Å². The van der Waals surface area contributed by atoms with E-state index >= 15 is 0 Å². The summed E-state index contributed by atoms with van der Waals surface area (Å²) in [4.78, 5) is 29.6. The molecule has 7 heteroatoms. The molecule has 23 heavy (non-hydrogen) atoms. The van der Waals surface area contributed by atoms with Crippen LogP contribution >= 0.6 is 0 Å². The second-order valence-electron chi connectivity index (χ2n) is 5.88. The van der Waals surface area contributed by atoms with E-state index in [-0.39, 0.29) is 11.8 Å². The topological polar surface area (TPSA) is 75.4 Å². The Kier molecular flexibility index (Phi) is 4.45. The maximum atomic E-state index is 12.6. The van der Waals surface area contributed by atoms with Crippen molar-refractivity contribution < 1.29 is 9.21 Å². The van der Waals surface area contributed by atoms with Gasteiger partial charge in [0.2, 0.25) is 5.91 Å². The van der Waals surface area contributed by atoms with E-state index in [1.165, 1.54) is 6.33 Å². The lowest BCUT2D eigenvalue weighted by Crippen LogP contribution is -2.45. The number of aryl methyl sites for hydroxylation is 1. The first-order valence-corrected chi connectivity index (χ1v) is 8.25. The highest BCUT2D eigenvalue weighted by atomic mass is 16.4. The minimum absolute atomic E-state index is 0.0154. The van der Waals surface area contributed by atoms with E-state index < -0.39 is 0 Å². The molecule has 1 saturated heterocycles. The maximum absolute atomic E-state index is 12.6. The number of carbonyl (C=O) groups is 1. The van der Waals surface area contributed by atoms with Gasteiger partial charge in [-0.2, -0.15) is 4.98 Å². The smallest absolute Gasteiger partial charge is 0.252 e. The van der Waals surface area contributed by atoms with Crippen LogP contribution in [0.2, 0.25) is 0 Å². The van der Waals surface area contributed by atoms with Gasteiger partial charge in [0.15, 0.2) is 17.2 Å². The number of carbonyl (C=O) groups excluding carboxylic acids is 1. The number of anilines is 1. The number of aromatic nitrogens is 3. The molecular formula is C16H23N5O2. The average molecular weight is 317 g/mol. The number of fused-ring (bicyclic) bond motifs is 1. The molecule has 3 heterocycles. The van der Waals surface area contributed by atoms with Gasteiger partial charge in [-0.05, 0) is 26.7 Å². The number of piperidine rings is 1. The molecular weight excluding hydrogens is 294 g/mol. The first kappa shape index (κ1) is 15.7. The molecule has 124 valence electrons. The summed E-state index contributed by atoms with van der Waals surface area (Å²) in [5.41, 5.74) is 1.19. The summed E-state index contributed by atoms with van der Waals surface area (Å²) < 4.78 is 5.48. The molecule has 0 N–H and O–H groups in total. The van der Waals surface area contributed by atoms with Gasteiger partial charge in [0, 0.05) is 33.1 Å². The molecule has 2 aromatic rings. The summed E-state index contributed by atoms with van der Waals surface area (Å²) in [6, 6.07) is 0. The molecule has 1 aliphatic heterocycles. The zero-order chi connectivity index (χ0) is 16.4. The summed E-state index contributed by atoms with van der Waals surface area (Å²) >= 11 is 0. The molecule has 1 amide bonds. The molecule has 1 aliphatic rings. The van der Waals surface area contributed by atoms with E-state index in [9.17, 15) is 4.79 Å². The van der Waals surface area contributed by atoms with E-state index in [2.05, 4.69) is 19.9 Å². The van der Waals surface area contributed by atoms with Crippen molar-refractivity contribution in [2.45, 2.75) is 33.6 Å². The van der Waals surface area contributed by atoms with Crippen molar-refractivity contribution in [3.8, 4) is 0 Å². The summed E-state index contributed by atoms with van der Waals surface area (Å²) in [7, 11) is 0. The van der Waals surface area contributed by atoms with Gasteiger partial charge in [0.1, 0.15) is 6.33 Å². The van der Waals surface area contributed by atoms with Crippen molar-refractivity contribution in [3.63, 3.8) is 0 Å². The number of hydrogen-bond donors (Lipinski definition) is 0. The Morgan fingerprint density at radius 3 is 2.91 bits per heavy atom. The minimum atomic E-state index is 0.0154. The van der Waals surface area contributed by atoms with Crippen molar-refractivity contribution in [1.29, 1.82) is 0 Å². The second kappa shape index (κ2) is 6.52. The van der Waals surface area contributed by atoms with E-state index in [0.29, 0.717) is 23.7 Å². The molecule has 0 radical (unpaired) electrons. The molecule has 0 aromatic carbocycles. The summed E-state index contributed by atoms with van der Waals surface area (Å²) in [5.74, 6) is 1.60. The van der Waals surface area contributed by atoms with Crippen LogP contribution in [-0.4, -0.2) is 51.9 Å². The fourth-order valence-electron chi connectivity index (χ4n) is 3.24. The Labute approximate surface area is 135 Å². The van der Waals surface area contributed by atoms with Gasteiger partial charge in [-0.25, -0.2) is 9.97 Å². The van der Waals surface area contributed by atoms with Crippen molar-refractivity contribution in [2.24, 2.45) is 5.92 Å². The van der Waals surface area contributed by atoms with Crippen LogP contribution in [0.25, 0.3) is 11.2 Å². The third-order valence-corrected chi connectivity index (χ3v) is 4.43. The highest BCUT2D eigenvalue weighted by Crippen LogP contribution is 2.28. The molecule has 7 nitrogen and oxygen atoms in total. The van der Waals surface area contributed by atoms with Crippen molar-refractivity contribution in [1.82, 2.24) is 19.9 Å². The van der Waals surface area contributed by atoms with E-state index in [1.54, 1.807) is 6.92 Å². The van der Waals surface area contributed by atoms with Crippen molar-refractivity contribution >= 4 is 23.0 Å². The molecule has 1 fully saturated rings. The monoisotopic (exact) mass is 317 g/mol. The molecule has 2 aromatic heterocycles. The zero-order valence-corrected chi connectivity index (χ0v) is 13.9. The lowest BCUT2D eigenvalue weighted by Gasteiger charge is -2.35. The predicted octanol–water partition coefficient (Wildman–Crippen LogP) is 2.01. The van der Waals surface area contributed by atoms with E-state index in [1.807, 2.05) is 18.7 Å². The summed E-state index contributed by atoms with van der Waals surface area (Å²) in [6.45, 7) is 8.90. The normalized spacial score (nSPS) is 18.4. The summed E-state index contributed by atoms with van der Waals surface area (Å²) in [6.07, 6.45) is 3.40. The Morgan fingerprint density at radius 1 is 1.39 bits per heavy atom. The first-order chi connectivity index (χ1) is 11.1. The predicted molar refractivity (Wildman–Crippen MR) is 87.2 cm³/mol. The molecule has 0 spiro atoms. The third-order valence-electron chi connectivity index (χ3n) is 4.43. The summed E-state index contributed by atoms with van der Waals surface area (Å²) in [5, 5.41) is 0. The van der Waals surface area contributed by atoms with Crippen LogP contribution in [0.5, 0.6) is 0 Å². The Morgan fingerprint density at radius 2 is 2.17 bits per heavy atom. The van der Waals surface area contributed by atoms with Gasteiger partial charge < -0.3 is 14.2 Å². The van der Waals surface area contributed by atoms with Crippen molar-refractivity contribution in [3.05, 3.63) is 12.2 Å². The Balaban J connectivity index is 1.84. The molecule has 3 rings (SSSR count). The van der Waals surface area contributed by atoms with Crippen LogP contribution < -0.4 is 4.90 Å². The first-order valence-electron chi connectivity index (χ1n) is 8.25. The Hall–Kier alpha value is -2.18. The Bertz CT molecular complexity index is 695. The number of amides is 1. The van der Waals surface area contributed by atoms with Gasteiger partial charge in [-0.1, -0.05) is 0 Å². The van der Waals surface area contributed by atoms with Gasteiger partial charge in [0.05, 0.1) is 5.92 Å². The molecule has 1 atom stereocenters. The van der Waals surface area contributed by atoms with Crippen LogP contribution in [0, 0.1) is 12.8 Å². The zero-order valence-electron chi connectivity index (χ0n) is 13.9. The third kappa shape index (κ3) is 3.00. The number of nitrogens with zero attached hydrogens (tertiary/aromatic N) is 5. The van der Waals surface area contributed by atoms with Crippen LogP contribution in [0.4, 0.5) is 5.82 Å². The SMILES string of the molecule is CCN(CC)C(=O)C1CCCN(c2ncnc3oc(C)nc23)C1.